The molecular formula is C7H7N3O2. The molecule has 0 aromatic carbocycles. The lowest BCUT2D eigenvalue weighted by molar-refractivity contribution is 0.397. The number of pyridine rings is 1. The van der Waals surface area contributed by atoms with Gasteiger partial charge in [0.15, 0.2) is 0 Å². The molecule has 0 fully saturated rings. The molecule has 5 nitrogen and oxygen atoms in total. The van der Waals surface area contributed by atoms with Crippen LogP contribution in [0.3, 0.4) is 0 Å². The summed E-state index contributed by atoms with van der Waals surface area (Å²) in [6.45, 7) is 0. The number of hydrogen-bond donors (Lipinski definition) is 1. The van der Waals surface area contributed by atoms with E-state index in [0.29, 0.717) is 17.1 Å². The maximum absolute atomic E-state index is 5.32. The van der Waals surface area contributed by atoms with Gasteiger partial charge in [0, 0.05) is 6.07 Å². The monoisotopic (exact) mass is 165 g/mol. The molecule has 0 radical (unpaired) electrons. The molecule has 5 heteroatoms. The quantitative estimate of drug-likeness (QED) is 0.676. The van der Waals surface area contributed by atoms with E-state index in [1.165, 1.54) is 7.11 Å². The predicted octanol–water partition coefficient (Wildman–Crippen LogP) is 0.814. The molecule has 2 N–H and O–H groups in total. The van der Waals surface area contributed by atoms with Crippen molar-refractivity contribution < 1.29 is 9.15 Å². The van der Waals surface area contributed by atoms with E-state index in [4.69, 9.17) is 14.9 Å². The number of methoxy groups -OCH3 is 1. The van der Waals surface area contributed by atoms with Crippen LogP contribution in [-0.4, -0.2) is 17.1 Å². The summed E-state index contributed by atoms with van der Waals surface area (Å²) in [4.78, 5) is 7.86. The number of oxazole rings is 1. The van der Waals surface area contributed by atoms with Crippen molar-refractivity contribution in [2.45, 2.75) is 0 Å². The van der Waals surface area contributed by atoms with Crippen LogP contribution < -0.4 is 10.5 Å². The smallest absolute Gasteiger partial charge is 0.294 e. The number of hydrogen-bond acceptors (Lipinski definition) is 5. The molecule has 0 saturated heterocycles. The highest BCUT2D eigenvalue weighted by Crippen LogP contribution is 2.17. The van der Waals surface area contributed by atoms with Crippen molar-refractivity contribution in [1.29, 1.82) is 0 Å². The molecular weight excluding hydrogens is 158 g/mol. The number of nitrogen functional groups attached to an aromatic ring is 1. The summed E-state index contributed by atoms with van der Waals surface area (Å²) in [6.07, 6.45) is 0. The summed E-state index contributed by atoms with van der Waals surface area (Å²) < 4.78 is 9.88. The molecule has 62 valence electrons. The lowest BCUT2D eigenvalue weighted by atomic mass is 10.4. The lowest BCUT2D eigenvalue weighted by Crippen LogP contribution is -1.85. The fraction of sp³-hybridized carbons (Fsp3) is 0.143. The van der Waals surface area contributed by atoms with E-state index in [1.807, 2.05) is 0 Å². The van der Waals surface area contributed by atoms with Crippen LogP contribution in [0.1, 0.15) is 0 Å². The minimum absolute atomic E-state index is 0.116. The van der Waals surface area contributed by atoms with Crippen molar-refractivity contribution in [1.82, 2.24) is 9.97 Å². The summed E-state index contributed by atoms with van der Waals surface area (Å²) in [5.74, 6) is 0.485. The average molecular weight is 165 g/mol. The van der Waals surface area contributed by atoms with Crippen LogP contribution in [0, 0.1) is 0 Å². The van der Waals surface area contributed by atoms with Crippen LogP contribution in [0.15, 0.2) is 16.5 Å². The van der Waals surface area contributed by atoms with Crippen molar-refractivity contribution in [3.63, 3.8) is 0 Å². The van der Waals surface area contributed by atoms with Crippen molar-refractivity contribution in [2.75, 3.05) is 12.8 Å². The van der Waals surface area contributed by atoms with E-state index in [-0.39, 0.29) is 6.01 Å². The molecule has 2 rings (SSSR count). The Morgan fingerprint density at radius 2 is 2.25 bits per heavy atom. The highest BCUT2D eigenvalue weighted by Gasteiger charge is 2.04. The summed E-state index contributed by atoms with van der Waals surface area (Å²) in [5, 5.41) is 0. The largest absolute Gasteiger partial charge is 0.481 e. The second kappa shape index (κ2) is 2.37. The van der Waals surface area contributed by atoms with Crippen molar-refractivity contribution in [3.05, 3.63) is 12.1 Å². The molecule has 2 aromatic rings. The summed E-state index contributed by atoms with van der Waals surface area (Å²) >= 11 is 0. The fourth-order valence-electron chi connectivity index (χ4n) is 0.931. The van der Waals surface area contributed by atoms with Crippen LogP contribution in [0.4, 0.5) is 6.01 Å². The molecule has 0 amide bonds. The summed E-state index contributed by atoms with van der Waals surface area (Å²) in [7, 11) is 1.54. The van der Waals surface area contributed by atoms with E-state index in [2.05, 4.69) is 9.97 Å². The Morgan fingerprint density at radius 1 is 1.42 bits per heavy atom. The van der Waals surface area contributed by atoms with Gasteiger partial charge in [0.25, 0.3) is 11.7 Å². The molecule has 0 aliphatic heterocycles. The lowest BCUT2D eigenvalue weighted by Gasteiger charge is -1.94. The number of anilines is 1. The number of aromatic nitrogens is 2. The molecule has 0 saturated carbocycles. The first-order chi connectivity index (χ1) is 5.79. The highest BCUT2D eigenvalue weighted by molar-refractivity contribution is 5.70. The van der Waals surface area contributed by atoms with Crippen LogP contribution in [-0.2, 0) is 0 Å². The minimum atomic E-state index is 0.116. The number of ether oxygens (including phenoxy) is 1. The maximum Gasteiger partial charge on any atom is 0.294 e. The third-order valence-electron chi connectivity index (χ3n) is 1.46. The molecule has 0 atom stereocenters. The Hall–Kier alpha value is -1.78. The van der Waals surface area contributed by atoms with Crippen molar-refractivity contribution in [2.24, 2.45) is 0 Å². The highest BCUT2D eigenvalue weighted by atomic mass is 16.5. The third-order valence-corrected chi connectivity index (χ3v) is 1.46. The Kier molecular flexibility index (Phi) is 1.36. The van der Waals surface area contributed by atoms with Gasteiger partial charge in [-0.15, -0.1) is 0 Å². The number of fused-ring (bicyclic) bond motifs is 1. The second-order valence-electron chi connectivity index (χ2n) is 2.23. The molecule has 2 heterocycles. The normalized spacial score (nSPS) is 10.4. The minimum Gasteiger partial charge on any atom is -0.481 e. The topological polar surface area (TPSA) is 74.2 Å². The molecule has 0 spiro atoms. The van der Waals surface area contributed by atoms with Crippen LogP contribution >= 0.6 is 0 Å². The maximum atomic E-state index is 5.32. The molecule has 12 heavy (non-hydrogen) atoms. The van der Waals surface area contributed by atoms with Crippen molar-refractivity contribution >= 4 is 17.2 Å². The predicted molar refractivity (Wildman–Crippen MR) is 42.8 cm³/mol. The molecule has 2 aromatic heterocycles. The van der Waals surface area contributed by atoms with Gasteiger partial charge in [-0.2, -0.15) is 9.97 Å². The SMILES string of the molecule is COc1ccc2nc(N)oc2n1. The summed E-state index contributed by atoms with van der Waals surface area (Å²) in [5.41, 5.74) is 6.35. The summed E-state index contributed by atoms with van der Waals surface area (Å²) in [6, 6.07) is 3.55. The molecule has 0 aliphatic rings. The van der Waals surface area contributed by atoms with E-state index in [0.717, 1.165) is 0 Å². The van der Waals surface area contributed by atoms with E-state index >= 15 is 0 Å². The van der Waals surface area contributed by atoms with Gasteiger partial charge in [-0.1, -0.05) is 0 Å². The zero-order valence-corrected chi connectivity index (χ0v) is 6.44. The third kappa shape index (κ3) is 0.952. The van der Waals surface area contributed by atoms with Gasteiger partial charge in [0.05, 0.1) is 7.11 Å². The van der Waals surface area contributed by atoms with Gasteiger partial charge >= 0.3 is 0 Å². The van der Waals surface area contributed by atoms with Crippen LogP contribution in [0.5, 0.6) is 5.88 Å². The van der Waals surface area contributed by atoms with Crippen molar-refractivity contribution in [3.8, 4) is 5.88 Å². The van der Waals surface area contributed by atoms with E-state index in [9.17, 15) is 0 Å². The van der Waals surface area contributed by atoms with Crippen LogP contribution in [0.2, 0.25) is 0 Å². The molecule has 0 unspecified atom stereocenters. The van der Waals surface area contributed by atoms with E-state index in [1.54, 1.807) is 12.1 Å². The van der Waals surface area contributed by atoms with Gasteiger partial charge in [-0.25, -0.2) is 0 Å². The number of rotatable bonds is 1. The Bertz CT molecular complexity index is 410. The number of nitrogens with zero attached hydrogens (tertiary/aromatic N) is 2. The zero-order chi connectivity index (χ0) is 8.55. The van der Waals surface area contributed by atoms with Gasteiger partial charge in [-0.05, 0) is 6.07 Å². The zero-order valence-electron chi connectivity index (χ0n) is 6.44. The standard InChI is InChI=1S/C7H7N3O2/c1-11-5-3-2-4-6(10-5)12-7(8)9-4/h2-3H,1H3,(H2,8,9). The first kappa shape index (κ1) is 6.90. The molecule has 0 aliphatic carbocycles. The molecule has 0 bridgehead atoms. The van der Waals surface area contributed by atoms with Gasteiger partial charge in [0.1, 0.15) is 5.52 Å². The number of nitrogens with two attached hydrogens (primary N) is 1. The van der Waals surface area contributed by atoms with Gasteiger partial charge in [-0.3, -0.25) is 0 Å². The van der Waals surface area contributed by atoms with Gasteiger partial charge in [0.2, 0.25) is 5.88 Å². The van der Waals surface area contributed by atoms with Gasteiger partial charge < -0.3 is 14.9 Å². The first-order valence-corrected chi connectivity index (χ1v) is 3.36. The van der Waals surface area contributed by atoms with Crippen LogP contribution in [0.25, 0.3) is 11.2 Å². The Morgan fingerprint density at radius 3 is 3.00 bits per heavy atom. The van der Waals surface area contributed by atoms with E-state index < -0.39 is 0 Å². The second-order valence-corrected chi connectivity index (χ2v) is 2.23. The Balaban J connectivity index is 2.66. The Labute approximate surface area is 68.2 Å². The average Bonchev–Trinajstić information content (AvgIpc) is 2.43. The first-order valence-electron chi connectivity index (χ1n) is 3.36. The fourth-order valence-corrected chi connectivity index (χ4v) is 0.931.